The van der Waals surface area contributed by atoms with E-state index >= 15 is 0 Å². The number of rotatable bonds is 2. The van der Waals surface area contributed by atoms with Gasteiger partial charge in [0.2, 0.25) is 0 Å². The van der Waals surface area contributed by atoms with Crippen molar-refractivity contribution in [3.8, 4) is 0 Å². The first-order valence-corrected chi connectivity index (χ1v) is 9.82. The smallest absolute Gasteiger partial charge is 0.263 e. The minimum absolute atomic E-state index is 0.145. The van der Waals surface area contributed by atoms with Crippen LogP contribution in [0.4, 0.5) is 0 Å². The van der Waals surface area contributed by atoms with E-state index in [-0.39, 0.29) is 29.1 Å². The fourth-order valence-electron chi connectivity index (χ4n) is 4.38. The van der Waals surface area contributed by atoms with Gasteiger partial charge in [0.25, 0.3) is 11.5 Å². The average molecular weight is 381 g/mol. The number of hydrogen-bond donors (Lipinski definition) is 0. The lowest BCUT2D eigenvalue weighted by atomic mass is 9.99. The SMILES string of the molecule is Cc1cc(C)n(C)c(=O)c1C(=O)N1CCN2[C@@H](COC[C@@H]2c2ccccc2)C1. The minimum atomic E-state index is -0.216. The van der Waals surface area contributed by atoms with Crippen LogP contribution in [0.3, 0.4) is 0 Å². The van der Waals surface area contributed by atoms with Gasteiger partial charge in [-0.15, -0.1) is 0 Å². The summed E-state index contributed by atoms with van der Waals surface area (Å²) in [6, 6.07) is 12.6. The normalized spacial score (nSPS) is 22.8. The van der Waals surface area contributed by atoms with Crippen LogP contribution in [0.2, 0.25) is 0 Å². The summed E-state index contributed by atoms with van der Waals surface area (Å²) in [4.78, 5) is 30.1. The molecule has 2 fully saturated rings. The Hall–Kier alpha value is -2.44. The van der Waals surface area contributed by atoms with Gasteiger partial charge in [-0.25, -0.2) is 0 Å². The van der Waals surface area contributed by atoms with Crippen molar-refractivity contribution in [2.75, 3.05) is 32.8 Å². The zero-order valence-corrected chi connectivity index (χ0v) is 16.7. The Morgan fingerprint density at radius 2 is 1.86 bits per heavy atom. The molecular formula is C22H27N3O3. The topological polar surface area (TPSA) is 54.8 Å². The highest BCUT2D eigenvalue weighted by Crippen LogP contribution is 2.30. The molecule has 1 aromatic heterocycles. The van der Waals surface area contributed by atoms with Crippen LogP contribution in [0.25, 0.3) is 0 Å². The van der Waals surface area contributed by atoms with Crippen LogP contribution < -0.4 is 5.56 Å². The summed E-state index contributed by atoms with van der Waals surface area (Å²) in [5, 5.41) is 0. The number of benzene rings is 1. The largest absolute Gasteiger partial charge is 0.378 e. The highest BCUT2D eigenvalue weighted by atomic mass is 16.5. The van der Waals surface area contributed by atoms with Crippen molar-refractivity contribution in [3.63, 3.8) is 0 Å². The molecule has 2 aromatic rings. The lowest BCUT2D eigenvalue weighted by Gasteiger charge is -2.48. The molecule has 1 aromatic carbocycles. The Morgan fingerprint density at radius 1 is 1.11 bits per heavy atom. The number of carbonyl (C=O) groups excluding carboxylic acids is 1. The van der Waals surface area contributed by atoms with Crippen molar-refractivity contribution in [1.82, 2.24) is 14.4 Å². The van der Waals surface area contributed by atoms with Gasteiger partial charge >= 0.3 is 0 Å². The Balaban J connectivity index is 1.56. The number of carbonyl (C=O) groups is 1. The molecule has 2 saturated heterocycles. The maximum atomic E-state index is 13.2. The summed E-state index contributed by atoms with van der Waals surface area (Å²) >= 11 is 0. The first kappa shape index (κ1) is 18.9. The second-order valence-corrected chi connectivity index (χ2v) is 7.81. The lowest BCUT2D eigenvalue weighted by Crippen LogP contribution is -2.60. The highest BCUT2D eigenvalue weighted by Gasteiger charge is 2.38. The number of ether oxygens (including phenoxy) is 1. The summed E-state index contributed by atoms with van der Waals surface area (Å²) in [5.41, 5.74) is 2.92. The number of pyridine rings is 1. The molecule has 0 unspecified atom stereocenters. The van der Waals surface area contributed by atoms with E-state index < -0.39 is 0 Å². The zero-order chi connectivity index (χ0) is 19.8. The lowest BCUT2D eigenvalue weighted by molar-refractivity contribution is -0.0770. The molecule has 148 valence electrons. The van der Waals surface area contributed by atoms with Crippen molar-refractivity contribution < 1.29 is 9.53 Å². The molecule has 0 aliphatic carbocycles. The molecular weight excluding hydrogens is 354 g/mol. The summed E-state index contributed by atoms with van der Waals surface area (Å²) in [5.74, 6) is -0.167. The van der Waals surface area contributed by atoms with Gasteiger partial charge in [0.05, 0.1) is 25.3 Å². The highest BCUT2D eigenvalue weighted by molar-refractivity contribution is 5.95. The molecule has 6 heteroatoms. The third-order valence-electron chi connectivity index (χ3n) is 6.07. The minimum Gasteiger partial charge on any atom is -0.378 e. The van der Waals surface area contributed by atoms with Crippen LogP contribution in [-0.4, -0.2) is 59.2 Å². The number of morpholine rings is 1. The Morgan fingerprint density at radius 3 is 2.61 bits per heavy atom. The Bertz CT molecular complexity index is 938. The van der Waals surface area contributed by atoms with Crippen LogP contribution in [0, 0.1) is 13.8 Å². The van der Waals surface area contributed by atoms with Crippen molar-refractivity contribution >= 4 is 5.91 Å². The van der Waals surface area contributed by atoms with Crippen LogP contribution in [0.5, 0.6) is 0 Å². The first-order valence-electron chi connectivity index (χ1n) is 9.82. The Labute approximate surface area is 165 Å². The van der Waals surface area contributed by atoms with Gasteiger partial charge < -0.3 is 14.2 Å². The molecule has 0 spiro atoms. The number of aryl methyl sites for hydroxylation is 2. The van der Waals surface area contributed by atoms with E-state index in [0.717, 1.165) is 17.8 Å². The number of hydrogen-bond acceptors (Lipinski definition) is 4. The van der Waals surface area contributed by atoms with Gasteiger partial charge in [-0.3, -0.25) is 14.5 Å². The summed E-state index contributed by atoms with van der Waals surface area (Å²) in [6.07, 6.45) is 0. The average Bonchev–Trinajstić information content (AvgIpc) is 2.71. The number of nitrogens with zero attached hydrogens (tertiary/aromatic N) is 3. The van der Waals surface area contributed by atoms with Crippen molar-refractivity contribution in [2.45, 2.75) is 25.9 Å². The molecule has 0 saturated carbocycles. The van der Waals surface area contributed by atoms with E-state index in [2.05, 4.69) is 29.2 Å². The van der Waals surface area contributed by atoms with E-state index in [4.69, 9.17) is 4.74 Å². The van der Waals surface area contributed by atoms with Crippen LogP contribution in [-0.2, 0) is 11.8 Å². The molecule has 0 bridgehead atoms. The van der Waals surface area contributed by atoms with Gasteiger partial charge in [0, 0.05) is 32.4 Å². The number of amides is 1. The van der Waals surface area contributed by atoms with Crippen molar-refractivity contribution in [1.29, 1.82) is 0 Å². The predicted octanol–water partition coefficient (Wildman–Crippen LogP) is 1.90. The molecule has 2 aliphatic heterocycles. The predicted molar refractivity (Wildman–Crippen MR) is 108 cm³/mol. The van der Waals surface area contributed by atoms with Crippen molar-refractivity contribution in [2.24, 2.45) is 7.05 Å². The molecule has 1 amide bonds. The van der Waals surface area contributed by atoms with Gasteiger partial charge in [-0.1, -0.05) is 30.3 Å². The molecule has 2 atom stereocenters. The van der Waals surface area contributed by atoms with Gasteiger partial charge in [-0.05, 0) is 31.0 Å². The molecule has 4 rings (SSSR count). The third kappa shape index (κ3) is 3.27. The van der Waals surface area contributed by atoms with E-state index in [9.17, 15) is 9.59 Å². The molecule has 0 radical (unpaired) electrons. The van der Waals surface area contributed by atoms with Gasteiger partial charge in [0.1, 0.15) is 5.56 Å². The first-order chi connectivity index (χ1) is 13.5. The van der Waals surface area contributed by atoms with E-state index in [0.29, 0.717) is 26.3 Å². The zero-order valence-electron chi connectivity index (χ0n) is 16.7. The molecule has 0 N–H and O–H groups in total. The fourth-order valence-corrected chi connectivity index (χ4v) is 4.38. The standard InChI is InChI=1S/C22H27N3O3/c1-15-11-16(2)23(3)21(26)20(15)22(27)24-9-10-25-18(12-24)13-28-14-19(25)17-7-5-4-6-8-17/h4-8,11,18-19H,9-10,12-14H2,1-3H3/t18-,19-/m1/s1. The monoisotopic (exact) mass is 381 g/mol. The summed E-state index contributed by atoms with van der Waals surface area (Å²) in [7, 11) is 1.71. The van der Waals surface area contributed by atoms with E-state index in [1.807, 2.05) is 30.9 Å². The summed E-state index contributed by atoms with van der Waals surface area (Å²) in [6.45, 7) is 6.99. The van der Waals surface area contributed by atoms with Crippen LogP contribution in [0.1, 0.15) is 33.2 Å². The molecule has 28 heavy (non-hydrogen) atoms. The number of aromatic nitrogens is 1. The second-order valence-electron chi connectivity index (χ2n) is 7.81. The molecule has 6 nitrogen and oxygen atoms in total. The number of piperazine rings is 1. The second kappa shape index (κ2) is 7.53. The number of fused-ring (bicyclic) bond motifs is 1. The summed E-state index contributed by atoms with van der Waals surface area (Å²) < 4.78 is 7.42. The maximum absolute atomic E-state index is 13.2. The van der Waals surface area contributed by atoms with Crippen molar-refractivity contribution in [3.05, 3.63) is 69.1 Å². The van der Waals surface area contributed by atoms with E-state index in [1.54, 1.807) is 11.6 Å². The van der Waals surface area contributed by atoms with E-state index in [1.165, 1.54) is 5.56 Å². The van der Waals surface area contributed by atoms with Gasteiger partial charge in [-0.2, -0.15) is 0 Å². The maximum Gasteiger partial charge on any atom is 0.263 e. The quantitative estimate of drug-likeness (QED) is 0.797. The van der Waals surface area contributed by atoms with Gasteiger partial charge in [0.15, 0.2) is 0 Å². The van der Waals surface area contributed by atoms with Crippen LogP contribution >= 0.6 is 0 Å². The Kier molecular flexibility index (Phi) is 5.08. The fraction of sp³-hybridized carbons (Fsp3) is 0.455. The third-order valence-corrected chi connectivity index (χ3v) is 6.07. The molecule has 3 heterocycles. The van der Waals surface area contributed by atoms with Crippen LogP contribution in [0.15, 0.2) is 41.2 Å². The molecule has 2 aliphatic rings.